The van der Waals surface area contributed by atoms with Crippen molar-refractivity contribution in [2.75, 3.05) is 23.4 Å². The van der Waals surface area contributed by atoms with Crippen molar-refractivity contribution in [1.82, 2.24) is 9.88 Å². The Morgan fingerprint density at radius 3 is 2.67 bits per heavy atom. The van der Waals surface area contributed by atoms with E-state index in [1.807, 2.05) is 46.7 Å². The lowest BCUT2D eigenvalue weighted by atomic mass is 10.00. The van der Waals surface area contributed by atoms with Gasteiger partial charge in [-0.25, -0.2) is 4.98 Å². The van der Waals surface area contributed by atoms with Crippen LogP contribution in [0.15, 0.2) is 53.9 Å². The van der Waals surface area contributed by atoms with Crippen molar-refractivity contribution in [3.8, 4) is 11.3 Å². The van der Waals surface area contributed by atoms with Gasteiger partial charge in [-0.3, -0.25) is 9.59 Å². The molecule has 0 saturated heterocycles. The predicted octanol–water partition coefficient (Wildman–Crippen LogP) is 4.67. The first kappa shape index (κ1) is 21.3. The van der Waals surface area contributed by atoms with Crippen molar-refractivity contribution in [2.45, 2.75) is 13.0 Å². The summed E-state index contributed by atoms with van der Waals surface area (Å²) in [5, 5.41) is 5.34. The normalized spacial score (nSPS) is 13.0. The Morgan fingerprint density at radius 1 is 1.10 bits per heavy atom. The lowest BCUT2D eigenvalue weighted by molar-refractivity contribution is -0.129. The third-order valence-corrected chi connectivity index (χ3v) is 7.23. The maximum absolute atomic E-state index is 12.5. The molecule has 154 valence electrons. The third-order valence-electron chi connectivity index (χ3n) is 4.83. The zero-order valence-electron chi connectivity index (χ0n) is 16.1. The Kier molecular flexibility index (Phi) is 7.06. The Hall–Kier alpha value is -1.91. The van der Waals surface area contributed by atoms with Gasteiger partial charge in [-0.2, -0.15) is 0 Å². The van der Waals surface area contributed by atoms with Gasteiger partial charge in [-0.05, 0) is 52.3 Å². The summed E-state index contributed by atoms with van der Waals surface area (Å²) in [6.45, 7) is 1.39. The van der Waals surface area contributed by atoms with Gasteiger partial charge in [0.2, 0.25) is 11.8 Å². The molecule has 0 spiro atoms. The standard InChI is InChI=1S/C22H20IN3O2S2/c23-18-7-5-16(6-8-18)19-12-30-22(24-19)25-20(27)13-29-14-21(28)26-10-9-15-3-1-2-4-17(15)11-26/h1-8,12H,9-11,13-14H2,(H,24,25,27). The number of amides is 2. The molecule has 2 aromatic carbocycles. The number of halogens is 1. The van der Waals surface area contributed by atoms with E-state index in [2.05, 4.69) is 45.0 Å². The van der Waals surface area contributed by atoms with Crippen molar-refractivity contribution >= 4 is 62.6 Å². The number of aromatic nitrogens is 1. The summed E-state index contributed by atoms with van der Waals surface area (Å²) in [4.78, 5) is 31.1. The van der Waals surface area contributed by atoms with E-state index in [9.17, 15) is 9.59 Å². The van der Waals surface area contributed by atoms with Gasteiger partial charge in [0.1, 0.15) is 0 Å². The van der Waals surface area contributed by atoms with Crippen LogP contribution in [0, 0.1) is 3.57 Å². The first-order valence-corrected chi connectivity index (χ1v) is 12.6. The highest BCUT2D eigenvalue weighted by molar-refractivity contribution is 14.1. The molecule has 1 N–H and O–H groups in total. The molecule has 30 heavy (non-hydrogen) atoms. The average molecular weight is 549 g/mol. The zero-order valence-corrected chi connectivity index (χ0v) is 19.9. The number of fused-ring (bicyclic) bond motifs is 1. The van der Waals surface area contributed by atoms with Crippen LogP contribution in [0.5, 0.6) is 0 Å². The molecule has 1 aromatic heterocycles. The van der Waals surface area contributed by atoms with Crippen LogP contribution >= 0.6 is 45.7 Å². The molecule has 1 aliphatic rings. The first-order valence-electron chi connectivity index (χ1n) is 9.52. The minimum absolute atomic E-state index is 0.0811. The Morgan fingerprint density at radius 2 is 1.87 bits per heavy atom. The highest BCUT2D eigenvalue weighted by atomic mass is 127. The zero-order chi connectivity index (χ0) is 20.9. The highest BCUT2D eigenvalue weighted by Gasteiger charge is 2.20. The maximum atomic E-state index is 12.5. The summed E-state index contributed by atoms with van der Waals surface area (Å²) in [6.07, 6.45) is 0.889. The van der Waals surface area contributed by atoms with Crippen molar-refractivity contribution < 1.29 is 9.59 Å². The number of carbonyl (C=O) groups is 2. The molecule has 0 aliphatic carbocycles. The molecule has 0 atom stereocenters. The fourth-order valence-electron chi connectivity index (χ4n) is 3.27. The second-order valence-corrected chi connectivity index (χ2v) is 10.0. The quantitative estimate of drug-likeness (QED) is 0.454. The lowest BCUT2D eigenvalue weighted by Gasteiger charge is -2.28. The lowest BCUT2D eigenvalue weighted by Crippen LogP contribution is -2.37. The molecule has 0 fully saturated rings. The molecule has 0 radical (unpaired) electrons. The van der Waals surface area contributed by atoms with Crippen molar-refractivity contribution in [3.05, 3.63) is 68.6 Å². The molecular formula is C22H20IN3O2S2. The van der Waals surface area contributed by atoms with Gasteiger partial charge in [0, 0.05) is 27.6 Å². The second kappa shape index (κ2) is 9.93. The Labute approximate surface area is 197 Å². The molecule has 1 aliphatic heterocycles. The summed E-state index contributed by atoms with van der Waals surface area (Å²) < 4.78 is 1.17. The van der Waals surface area contributed by atoms with Gasteiger partial charge in [-0.15, -0.1) is 23.1 Å². The number of benzene rings is 2. The van der Waals surface area contributed by atoms with Crippen LogP contribution < -0.4 is 5.32 Å². The first-order chi connectivity index (χ1) is 14.6. The summed E-state index contributed by atoms with van der Waals surface area (Å²) >= 11 is 5.01. The summed E-state index contributed by atoms with van der Waals surface area (Å²) in [7, 11) is 0. The van der Waals surface area contributed by atoms with E-state index in [0.29, 0.717) is 17.4 Å². The maximum Gasteiger partial charge on any atom is 0.236 e. The van der Waals surface area contributed by atoms with E-state index in [0.717, 1.165) is 24.2 Å². The Balaban J connectivity index is 1.23. The van der Waals surface area contributed by atoms with Crippen LogP contribution in [0.25, 0.3) is 11.3 Å². The molecule has 3 aromatic rings. The van der Waals surface area contributed by atoms with E-state index in [-0.39, 0.29) is 17.6 Å². The van der Waals surface area contributed by atoms with Crippen LogP contribution in [0.4, 0.5) is 5.13 Å². The van der Waals surface area contributed by atoms with Crippen molar-refractivity contribution in [2.24, 2.45) is 0 Å². The monoisotopic (exact) mass is 549 g/mol. The molecule has 5 nitrogen and oxygen atoms in total. The molecule has 8 heteroatoms. The highest BCUT2D eigenvalue weighted by Crippen LogP contribution is 2.25. The summed E-state index contributed by atoms with van der Waals surface area (Å²) in [5.41, 5.74) is 4.41. The van der Waals surface area contributed by atoms with Gasteiger partial charge < -0.3 is 10.2 Å². The number of anilines is 1. The summed E-state index contributed by atoms with van der Waals surface area (Å²) in [5.74, 6) is 0.480. The Bertz CT molecular complexity index is 1050. The van der Waals surface area contributed by atoms with Crippen molar-refractivity contribution in [3.63, 3.8) is 0 Å². The molecule has 2 amide bonds. The van der Waals surface area contributed by atoms with Gasteiger partial charge in [0.05, 0.1) is 17.2 Å². The minimum Gasteiger partial charge on any atom is -0.337 e. The van der Waals surface area contributed by atoms with E-state index < -0.39 is 0 Å². The fourth-order valence-corrected chi connectivity index (χ4v) is 5.08. The number of carbonyl (C=O) groups excluding carboxylic acids is 2. The largest absolute Gasteiger partial charge is 0.337 e. The predicted molar refractivity (Wildman–Crippen MR) is 132 cm³/mol. The number of thiazole rings is 1. The third kappa shape index (κ3) is 5.41. The minimum atomic E-state index is -0.139. The van der Waals surface area contributed by atoms with Gasteiger partial charge in [0.25, 0.3) is 0 Å². The van der Waals surface area contributed by atoms with Crippen LogP contribution in [-0.2, 0) is 22.6 Å². The molecular weight excluding hydrogens is 529 g/mol. The topological polar surface area (TPSA) is 62.3 Å². The summed E-state index contributed by atoms with van der Waals surface area (Å²) in [6, 6.07) is 16.3. The molecule has 0 unspecified atom stereocenters. The molecule has 0 saturated carbocycles. The smallest absolute Gasteiger partial charge is 0.236 e. The van der Waals surface area contributed by atoms with Crippen LogP contribution in [0.1, 0.15) is 11.1 Å². The number of nitrogens with zero attached hydrogens (tertiary/aromatic N) is 2. The van der Waals surface area contributed by atoms with Crippen LogP contribution in [0.3, 0.4) is 0 Å². The van der Waals surface area contributed by atoms with Crippen molar-refractivity contribution in [1.29, 1.82) is 0 Å². The van der Waals surface area contributed by atoms with Crippen LogP contribution in [-0.4, -0.2) is 39.7 Å². The van der Waals surface area contributed by atoms with Gasteiger partial charge in [-0.1, -0.05) is 36.4 Å². The van der Waals surface area contributed by atoms with E-state index >= 15 is 0 Å². The SMILES string of the molecule is O=C(CSCC(=O)N1CCc2ccccc2C1)Nc1nc(-c2ccc(I)cc2)cs1. The van der Waals surface area contributed by atoms with E-state index in [1.165, 1.54) is 37.8 Å². The molecule has 0 bridgehead atoms. The molecule has 2 heterocycles. The number of rotatable bonds is 6. The number of thioether (sulfide) groups is 1. The fraction of sp³-hybridized carbons (Fsp3) is 0.227. The second-order valence-electron chi connectivity index (χ2n) is 6.92. The van der Waals surface area contributed by atoms with E-state index in [4.69, 9.17) is 0 Å². The average Bonchev–Trinajstić information content (AvgIpc) is 3.22. The van der Waals surface area contributed by atoms with Gasteiger partial charge in [0.15, 0.2) is 5.13 Å². The van der Waals surface area contributed by atoms with E-state index in [1.54, 1.807) is 0 Å². The number of hydrogen-bond donors (Lipinski definition) is 1. The number of nitrogens with one attached hydrogen (secondary N) is 1. The van der Waals surface area contributed by atoms with Gasteiger partial charge >= 0.3 is 0 Å². The molecule has 4 rings (SSSR count). The number of hydrogen-bond acceptors (Lipinski definition) is 5. The van der Waals surface area contributed by atoms with Crippen LogP contribution in [0.2, 0.25) is 0 Å².